The Kier molecular flexibility index (Phi) is 10.8. The highest BCUT2D eigenvalue weighted by molar-refractivity contribution is 5.74. The van der Waals surface area contributed by atoms with Crippen molar-refractivity contribution in [1.82, 2.24) is 9.80 Å². The molecule has 6 rings (SSSR count). The molecule has 1 amide bonds. The highest BCUT2D eigenvalue weighted by Gasteiger charge is 2.58. The molecule has 0 radical (unpaired) electrons. The maximum atomic E-state index is 14.6. The van der Waals surface area contributed by atoms with Crippen LogP contribution >= 0.6 is 0 Å². The van der Waals surface area contributed by atoms with Crippen molar-refractivity contribution in [2.24, 2.45) is 11.8 Å². The number of hydrogen-bond acceptors (Lipinski definition) is 9. The third kappa shape index (κ3) is 6.34. The number of amides is 1. The van der Waals surface area contributed by atoms with E-state index in [1.54, 1.807) is 28.4 Å². The van der Waals surface area contributed by atoms with Crippen LogP contribution in [0.4, 0.5) is 4.79 Å². The van der Waals surface area contributed by atoms with Crippen molar-refractivity contribution in [1.29, 1.82) is 0 Å². The highest BCUT2D eigenvalue weighted by Crippen LogP contribution is 2.59. The summed E-state index contributed by atoms with van der Waals surface area (Å²) in [6.07, 6.45) is 2.70. The maximum Gasteiger partial charge on any atom is 0.410 e. The zero-order valence-corrected chi connectivity index (χ0v) is 30.2. The topological polar surface area (TPSA) is 96.0 Å². The van der Waals surface area contributed by atoms with Crippen molar-refractivity contribution < 1.29 is 38.0 Å². The average molecular weight is 687 g/mol. The van der Waals surface area contributed by atoms with Crippen LogP contribution in [-0.2, 0) is 39.3 Å². The molecule has 1 spiro atoms. The zero-order chi connectivity index (χ0) is 35.4. The van der Waals surface area contributed by atoms with Crippen molar-refractivity contribution in [3.63, 3.8) is 0 Å². The molecule has 1 aliphatic carbocycles. The first-order valence-electron chi connectivity index (χ1n) is 17.7. The van der Waals surface area contributed by atoms with Gasteiger partial charge in [-0.1, -0.05) is 37.3 Å². The van der Waals surface area contributed by atoms with Crippen molar-refractivity contribution in [2.75, 3.05) is 54.7 Å². The highest BCUT2D eigenvalue weighted by atomic mass is 16.6. The van der Waals surface area contributed by atoms with Crippen LogP contribution in [-0.4, -0.2) is 76.5 Å². The van der Waals surface area contributed by atoms with E-state index in [0.717, 1.165) is 41.8 Å². The quantitative estimate of drug-likeness (QED) is 0.216. The number of likely N-dealkylation sites (N-methyl/N-ethyl adjacent to an activating group) is 1. The molecule has 0 aromatic heterocycles. The first-order valence-corrected chi connectivity index (χ1v) is 17.7. The van der Waals surface area contributed by atoms with Crippen LogP contribution in [0.2, 0.25) is 0 Å². The molecule has 2 aliphatic heterocycles. The van der Waals surface area contributed by atoms with Crippen molar-refractivity contribution in [3.05, 3.63) is 82.4 Å². The van der Waals surface area contributed by atoms with Gasteiger partial charge in [-0.25, -0.2) is 4.79 Å². The first kappa shape index (κ1) is 35.4. The fourth-order valence-electron chi connectivity index (χ4n) is 8.75. The molecule has 268 valence electrons. The van der Waals surface area contributed by atoms with Gasteiger partial charge in [0.15, 0.2) is 23.0 Å². The fraction of sp³-hybridized carbons (Fsp3) is 0.500. The number of benzene rings is 3. The summed E-state index contributed by atoms with van der Waals surface area (Å²) in [5, 5.41) is 0. The van der Waals surface area contributed by atoms with E-state index in [4.69, 9.17) is 28.4 Å². The number of rotatable bonds is 10. The van der Waals surface area contributed by atoms with Crippen LogP contribution in [0.5, 0.6) is 23.0 Å². The first-order chi connectivity index (χ1) is 24.3. The molecule has 4 atom stereocenters. The second kappa shape index (κ2) is 15.2. The third-order valence-corrected chi connectivity index (χ3v) is 11.0. The fourth-order valence-corrected chi connectivity index (χ4v) is 8.75. The second-order valence-electron chi connectivity index (χ2n) is 13.3. The number of fused-ring (bicyclic) bond motifs is 3. The van der Waals surface area contributed by atoms with Crippen molar-refractivity contribution >= 4 is 12.1 Å². The molecule has 0 saturated heterocycles. The van der Waals surface area contributed by atoms with Gasteiger partial charge in [0.1, 0.15) is 6.61 Å². The number of nitrogens with zero attached hydrogens (tertiary/aromatic N) is 2. The Morgan fingerprint density at radius 1 is 0.800 bits per heavy atom. The zero-order valence-electron chi connectivity index (χ0n) is 30.2. The lowest BCUT2D eigenvalue weighted by molar-refractivity contribution is -0.153. The maximum absolute atomic E-state index is 14.6. The molecule has 0 bridgehead atoms. The van der Waals surface area contributed by atoms with Gasteiger partial charge in [0.05, 0.1) is 46.5 Å². The predicted octanol–water partition coefficient (Wildman–Crippen LogP) is 6.71. The molecule has 1 fully saturated rings. The van der Waals surface area contributed by atoms with Gasteiger partial charge < -0.3 is 28.4 Å². The van der Waals surface area contributed by atoms with E-state index in [0.29, 0.717) is 61.8 Å². The van der Waals surface area contributed by atoms with E-state index in [9.17, 15) is 9.59 Å². The summed E-state index contributed by atoms with van der Waals surface area (Å²) in [7, 11) is 6.59. The van der Waals surface area contributed by atoms with Crippen molar-refractivity contribution in [3.8, 4) is 23.0 Å². The third-order valence-electron chi connectivity index (χ3n) is 11.0. The minimum atomic E-state index is -0.843. The molecule has 10 nitrogen and oxygen atoms in total. The minimum absolute atomic E-state index is 0.158. The largest absolute Gasteiger partial charge is 0.493 e. The van der Waals surface area contributed by atoms with Crippen LogP contribution in [0.25, 0.3) is 0 Å². The molecule has 50 heavy (non-hydrogen) atoms. The van der Waals surface area contributed by atoms with E-state index in [2.05, 4.69) is 36.1 Å². The van der Waals surface area contributed by atoms with Crippen molar-refractivity contribution in [2.45, 2.75) is 64.1 Å². The summed E-state index contributed by atoms with van der Waals surface area (Å²) in [5.41, 5.74) is 4.47. The average Bonchev–Trinajstić information content (AvgIpc) is 3.16. The van der Waals surface area contributed by atoms with Crippen LogP contribution in [0.15, 0.2) is 54.6 Å². The van der Waals surface area contributed by atoms with Gasteiger partial charge in [0, 0.05) is 25.0 Å². The molecular weight excluding hydrogens is 636 g/mol. The Morgan fingerprint density at radius 2 is 1.44 bits per heavy atom. The van der Waals surface area contributed by atoms with Crippen LogP contribution < -0.4 is 18.9 Å². The molecule has 2 heterocycles. The van der Waals surface area contributed by atoms with Crippen LogP contribution in [0.3, 0.4) is 0 Å². The van der Waals surface area contributed by atoms with E-state index in [1.807, 2.05) is 42.2 Å². The number of methoxy groups -OCH3 is 4. The lowest BCUT2D eigenvalue weighted by Crippen LogP contribution is -2.62. The summed E-state index contributed by atoms with van der Waals surface area (Å²) in [4.78, 5) is 32.6. The second-order valence-corrected chi connectivity index (χ2v) is 13.3. The molecule has 3 aromatic rings. The molecule has 3 aromatic carbocycles. The summed E-state index contributed by atoms with van der Waals surface area (Å²) in [5.74, 6) is 1.82. The van der Waals surface area contributed by atoms with Gasteiger partial charge in [-0.3, -0.25) is 14.6 Å². The number of carbonyl (C=O) groups is 2. The Hall–Kier alpha value is -4.44. The van der Waals surface area contributed by atoms with Crippen LogP contribution in [0, 0.1) is 11.8 Å². The van der Waals surface area contributed by atoms with Crippen LogP contribution in [0.1, 0.15) is 67.0 Å². The van der Waals surface area contributed by atoms with E-state index in [-0.39, 0.29) is 36.5 Å². The van der Waals surface area contributed by atoms with E-state index < -0.39 is 5.54 Å². The number of hydrogen-bond donors (Lipinski definition) is 0. The minimum Gasteiger partial charge on any atom is -0.493 e. The van der Waals surface area contributed by atoms with Gasteiger partial charge >= 0.3 is 12.1 Å². The normalized spacial score (nSPS) is 23.0. The van der Waals surface area contributed by atoms with E-state index in [1.165, 1.54) is 5.56 Å². The smallest absolute Gasteiger partial charge is 0.410 e. The Bertz CT molecular complexity index is 1680. The van der Waals surface area contributed by atoms with Gasteiger partial charge in [0.25, 0.3) is 0 Å². The summed E-state index contributed by atoms with van der Waals surface area (Å²) < 4.78 is 35.0. The lowest BCUT2D eigenvalue weighted by atomic mass is 9.58. The Labute approximate surface area is 295 Å². The number of ether oxygens (including phenoxy) is 6. The molecule has 3 aliphatic rings. The van der Waals surface area contributed by atoms with Gasteiger partial charge in [-0.15, -0.1) is 0 Å². The Morgan fingerprint density at radius 3 is 2.10 bits per heavy atom. The van der Waals surface area contributed by atoms with E-state index >= 15 is 0 Å². The molecular formula is C40H50N2O8. The summed E-state index contributed by atoms with van der Waals surface area (Å²) >= 11 is 0. The number of esters is 1. The molecule has 1 saturated carbocycles. The summed E-state index contributed by atoms with van der Waals surface area (Å²) in [6.45, 7) is 6.54. The predicted molar refractivity (Wildman–Crippen MR) is 189 cm³/mol. The van der Waals surface area contributed by atoms with Gasteiger partial charge in [0.2, 0.25) is 0 Å². The summed E-state index contributed by atoms with van der Waals surface area (Å²) in [6, 6.07) is 17.9. The molecule has 0 N–H and O–H groups in total. The Balaban J connectivity index is 1.57. The standard InChI is InChI=1S/C40H50N2O8/c1-7-41-18-15-27-21-33(45-3)35(47-5)23-30(27)37(41)32-20-29(38(43)49-8-2)14-17-40(32)31-24-36(48-6)34(46-4)22-28(31)16-19-42(40)39(44)50-25-26-12-10-9-11-13-26/h9-13,21-24,29,32,37H,7-8,14-20,25H2,1-6H3/t29-,32-,37?,40+/m1/s1. The lowest BCUT2D eigenvalue weighted by Gasteiger charge is -2.59. The van der Waals surface area contributed by atoms with Gasteiger partial charge in [-0.2, -0.15) is 0 Å². The number of carbonyl (C=O) groups excluding carboxylic acids is 2. The SMILES string of the molecule is CCOC(=O)[C@@H]1CC[C@]2(c3cc(OC)c(OC)cc3CCN2C(=O)OCc2ccccc2)[C@@H](C2c3cc(OC)c(OC)cc3CCN2CC)C1. The van der Waals surface area contributed by atoms with Gasteiger partial charge in [-0.05, 0) is 97.7 Å². The molecule has 10 heteroatoms. The monoisotopic (exact) mass is 686 g/mol. The molecule has 1 unspecified atom stereocenters.